The van der Waals surface area contributed by atoms with Crippen LogP contribution in [0.25, 0.3) is 0 Å². The van der Waals surface area contributed by atoms with Crippen LogP contribution in [0, 0.1) is 0 Å². The van der Waals surface area contributed by atoms with Crippen LogP contribution in [-0.4, -0.2) is 11.1 Å². The van der Waals surface area contributed by atoms with E-state index in [4.69, 9.17) is 10.8 Å². The Morgan fingerprint density at radius 1 is 1.29 bits per heavy atom. The van der Waals surface area contributed by atoms with Gasteiger partial charge in [-0.2, -0.15) is 0 Å². The Morgan fingerprint density at radius 2 is 1.94 bits per heavy atom. The predicted octanol–water partition coefficient (Wildman–Crippen LogP) is 2.89. The first-order chi connectivity index (χ1) is 8.13. The number of carboxylic acid groups (broad SMARTS) is 1. The van der Waals surface area contributed by atoms with E-state index in [9.17, 15) is 4.79 Å². The van der Waals surface area contributed by atoms with Crippen molar-refractivity contribution in [1.82, 2.24) is 0 Å². The van der Waals surface area contributed by atoms with Gasteiger partial charge in [0, 0.05) is 12.5 Å². The first kappa shape index (κ1) is 13.7. The quantitative estimate of drug-likeness (QED) is 0.714. The molecule has 3 N–H and O–H groups in total. The van der Waals surface area contributed by atoms with Gasteiger partial charge in [-0.25, -0.2) is 0 Å². The van der Waals surface area contributed by atoms with Crippen molar-refractivity contribution in [3.63, 3.8) is 0 Å². The molecule has 0 aliphatic carbocycles. The highest BCUT2D eigenvalue weighted by Crippen LogP contribution is 2.18. The van der Waals surface area contributed by atoms with Crippen LogP contribution in [0.3, 0.4) is 0 Å². The van der Waals surface area contributed by atoms with Gasteiger partial charge in [0.2, 0.25) is 0 Å². The van der Waals surface area contributed by atoms with E-state index in [-0.39, 0.29) is 12.5 Å². The Kier molecular flexibility index (Phi) is 5.70. The number of rotatable bonds is 7. The number of hydrogen-bond acceptors (Lipinski definition) is 2. The van der Waals surface area contributed by atoms with Gasteiger partial charge >= 0.3 is 5.97 Å². The van der Waals surface area contributed by atoms with Crippen molar-refractivity contribution in [1.29, 1.82) is 0 Å². The highest BCUT2D eigenvalue weighted by molar-refractivity contribution is 5.66. The molecule has 0 aliphatic heterocycles. The smallest absolute Gasteiger partial charge is 0.303 e. The lowest BCUT2D eigenvalue weighted by atomic mass is 9.99. The fourth-order valence-electron chi connectivity index (χ4n) is 1.81. The molecule has 1 rings (SSSR count). The van der Waals surface area contributed by atoms with Gasteiger partial charge in [-0.1, -0.05) is 37.6 Å². The van der Waals surface area contributed by atoms with Crippen molar-refractivity contribution in [3.05, 3.63) is 35.4 Å². The summed E-state index contributed by atoms with van der Waals surface area (Å²) in [7, 11) is 0. The Balaban J connectivity index is 2.35. The third-order valence-corrected chi connectivity index (χ3v) is 2.97. The van der Waals surface area contributed by atoms with E-state index in [1.807, 2.05) is 0 Å². The molecule has 1 atom stereocenters. The van der Waals surface area contributed by atoms with Crippen LogP contribution >= 0.6 is 0 Å². The van der Waals surface area contributed by atoms with Crippen molar-refractivity contribution < 1.29 is 9.90 Å². The number of unbranched alkanes of at least 4 members (excludes halogenated alkanes) is 1. The maximum absolute atomic E-state index is 10.4. The number of aryl methyl sites for hydroxylation is 1. The second kappa shape index (κ2) is 7.07. The van der Waals surface area contributed by atoms with Crippen LogP contribution in [-0.2, 0) is 11.2 Å². The van der Waals surface area contributed by atoms with Crippen LogP contribution in [0.2, 0.25) is 0 Å². The topological polar surface area (TPSA) is 63.3 Å². The molecule has 0 aliphatic rings. The average Bonchev–Trinajstić information content (AvgIpc) is 2.34. The maximum atomic E-state index is 10.4. The summed E-state index contributed by atoms with van der Waals surface area (Å²) in [6, 6.07) is 8.37. The van der Waals surface area contributed by atoms with Crippen LogP contribution in [0.15, 0.2) is 24.3 Å². The third kappa shape index (κ3) is 5.00. The Hall–Kier alpha value is -1.35. The fraction of sp³-hybridized carbons (Fsp3) is 0.500. The summed E-state index contributed by atoms with van der Waals surface area (Å²) in [5, 5.41) is 8.52. The number of hydrogen-bond donors (Lipinski definition) is 2. The highest BCUT2D eigenvalue weighted by atomic mass is 16.4. The van der Waals surface area contributed by atoms with E-state index in [1.54, 1.807) is 0 Å². The van der Waals surface area contributed by atoms with E-state index >= 15 is 0 Å². The molecular weight excluding hydrogens is 214 g/mol. The Bertz CT molecular complexity index is 346. The number of carbonyl (C=O) groups is 1. The molecule has 0 radical (unpaired) electrons. The molecule has 3 heteroatoms. The first-order valence-corrected chi connectivity index (χ1v) is 6.19. The van der Waals surface area contributed by atoms with Gasteiger partial charge in [-0.05, 0) is 30.4 Å². The van der Waals surface area contributed by atoms with Gasteiger partial charge in [0.05, 0.1) is 0 Å². The van der Waals surface area contributed by atoms with E-state index in [0.29, 0.717) is 6.42 Å². The second-order valence-corrected chi connectivity index (χ2v) is 4.34. The molecule has 0 bridgehead atoms. The van der Waals surface area contributed by atoms with Crippen LogP contribution < -0.4 is 5.73 Å². The van der Waals surface area contributed by atoms with E-state index in [1.165, 1.54) is 5.56 Å². The number of aliphatic carboxylic acids is 1. The zero-order valence-corrected chi connectivity index (χ0v) is 10.4. The summed E-state index contributed by atoms with van der Waals surface area (Å²) >= 11 is 0. The molecular formula is C14H21NO2. The van der Waals surface area contributed by atoms with Crippen LogP contribution in [0.5, 0.6) is 0 Å². The zero-order valence-electron chi connectivity index (χ0n) is 10.4. The summed E-state index contributed by atoms with van der Waals surface area (Å²) < 4.78 is 0. The van der Waals surface area contributed by atoms with Gasteiger partial charge in [0.15, 0.2) is 0 Å². The van der Waals surface area contributed by atoms with Gasteiger partial charge in [-0.15, -0.1) is 0 Å². The summed E-state index contributed by atoms with van der Waals surface area (Å²) in [4.78, 5) is 10.4. The average molecular weight is 235 g/mol. The van der Waals surface area contributed by atoms with Crippen molar-refractivity contribution in [2.24, 2.45) is 5.73 Å². The largest absolute Gasteiger partial charge is 0.481 e. The summed E-state index contributed by atoms with van der Waals surface area (Å²) in [6.45, 7) is 2.13. The molecule has 0 aromatic heterocycles. The number of benzene rings is 1. The Labute approximate surface area is 103 Å². The van der Waals surface area contributed by atoms with Gasteiger partial charge < -0.3 is 10.8 Å². The van der Waals surface area contributed by atoms with Crippen LogP contribution in [0.4, 0.5) is 0 Å². The lowest BCUT2D eigenvalue weighted by molar-refractivity contribution is -0.137. The number of nitrogens with two attached hydrogens (primary N) is 1. The molecule has 3 nitrogen and oxygen atoms in total. The minimum atomic E-state index is -0.731. The number of carboxylic acids is 1. The fourth-order valence-corrected chi connectivity index (χ4v) is 1.81. The van der Waals surface area contributed by atoms with Crippen molar-refractivity contribution in [2.45, 2.75) is 45.1 Å². The van der Waals surface area contributed by atoms with E-state index < -0.39 is 5.97 Å². The molecule has 0 heterocycles. The summed E-state index contributed by atoms with van der Waals surface area (Å²) in [5.74, 6) is -0.731. The van der Waals surface area contributed by atoms with Gasteiger partial charge in [-0.3, -0.25) is 4.79 Å². The Morgan fingerprint density at radius 3 is 2.47 bits per heavy atom. The maximum Gasteiger partial charge on any atom is 0.303 e. The normalized spacial score (nSPS) is 12.4. The predicted molar refractivity (Wildman–Crippen MR) is 68.9 cm³/mol. The van der Waals surface area contributed by atoms with Crippen LogP contribution in [0.1, 0.15) is 49.8 Å². The summed E-state index contributed by atoms with van der Waals surface area (Å²) in [5.41, 5.74) is 8.50. The first-order valence-electron chi connectivity index (χ1n) is 6.19. The lowest BCUT2D eigenvalue weighted by Crippen LogP contribution is -2.10. The minimum Gasteiger partial charge on any atom is -0.481 e. The van der Waals surface area contributed by atoms with Crippen molar-refractivity contribution in [2.75, 3.05) is 0 Å². The lowest BCUT2D eigenvalue weighted by Gasteiger charge is -2.12. The SMILES string of the molecule is CCc1ccc(C(N)CCCCC(=O)O)cc1. The summed E-state index contributed by atoms with van der Waals surface area (Å²) in [6.07, 6.45) is 3.69. The standard InChI is InChI=1S/C14H21NO2/c1-2-11-7-9-12(10-8-11)13(15)5-3-4-6-14(16)17/h7-10,13H,2-6,15H2,1H3,(H,16,17). The highest BCUT2D eigenvalue weighted by Gasteiger charge is 2.06. The minimum absolute atomic E-state index is 0.0229. The van der Waals surface area contributed by atoms with E-state index in [2.05, 4.69) is 31.2 Å². The van der Waals surface area contributed by atoms with Gasteiger partial charge in [0.25, 0.3) is 0 Å². The molecule has 1 unspecified atom stereocenters. The second-order valence-electron chi connectivity index (χ2n) is 4.34. The molecule has 17 heavy (non-hydrogen) atoms. The van der Waals surface area contributed by atoms with Crippen molar-refractivity contribution in [3.8, 4) is 0 Å². The molecule has 0 amide bonds. The molecule has 0 saturated carbocycles. The molecule has 0 saturated heterocycles. The molecule has 1 aromatic rings. The monoisotopic (exact) mass is 235 g/mol. The van der Waals surface area contributed by atoms with Crippen molar-refractivity contribution >= 4 is 5.97 Å². The molecule has 0 spiro atoms. The van der Waals surface area contributed by atoms with E-state index in [0.717, 1.165) is 24.8 Å². The van der Waals surface area contributed by atoms with Gasteiger partial charge in [0.1, 0.15) is 0 Å². The zero-order chi connectivity index (χ0) is 12.7. The molecule has 94 valence electrons. The molecule has 0 fully saturated rings. The third-order valence-electron chi connectivity index (χ3n) is 2.97. The molecule has 1 aromatic carbocycles.